The number of hydrogen-bond acceptors (Lipinski definition) is 1. The Balaban J connectivity index is 2.47. The van der Waals surface area contributed by atoms with Gasteiger partial charge < -0.3 is 0 Å². The van der Waals surface area contributed by atoms with Crippen LogP contribution in [0.2, 0.25) is 0 Å². The highest BCUT2D eigenvalue weighted by atomic mass is 14.7. The summed E-state index contributed by atoms with van der Waals surface area (Å²) in [6.07, 6.45) is 1.89. The van der Waals surface area contributed by atoms with E-state index in [0.29, 0.717) is 5.92 Å². The van der Waals surface area contributed by atoms with E-state index < -0.39 is 0 Å². The SMILES string of the molecule is [CH2]C(C)CN=Cc1ccccc1. The Morgan fingerprint density at radius 1 is 1.42 bits per heavy atom. The molecule has 0 heterocycles. The monoisotopic (exact) mass is 160 g/mol. The summed E-state index contributed by atoms with van der Waals surface area (Å²) in [6, 6.07) is 10.1. The van der Waals surface area contributed by atoms with Crippen molar-refractivity contribution in [2.45, 2.75) is 6.92 Å². The van der Waals surface area contributed by atoms with Crippen LogP contribution in [-0.2, 0) is 0 Å². The standard InChI is InChI=1S/C11H14N/c1-10(2)8-12-9-11-6-4-3-5-7-11/h3-7,9-10H,1,8H2,2H3. The first-order chi connectivity index (χ1) is 5.79. The van der Waals surface area contributed by atoms with Gasteiger partial charge in [-0.15, -0.1) is 0 Å². The second kappa shape index (κ2) is 4.70. The molecule has 0 spiro atoms. The lowest BCUT2D eigenvalue weighted by Crippen LogP contribution is -1.92. The van der Waals surface area contributed by atoms with Gasteiger partial charge in [0, 0.05) is 12.8 Å². The fraction of sp³-hybridized carbons (Fsp3) is 0.273. The molecule has 1 atom stereocenters. The van der Waals surface area contributed by atoms with Gasteiger partial charge in [0.25, 0.3) is 0 Å². The number of aliphatic imine (C=N–C) groups is 1. The van der Waals surface area contributed by atoms with Gasteiger partial charge in [-0.2, -0.15) is 0 Å². The molecule has 0 aliphatic carbocycles. The van der Waals surface area contributed by atoms with Crippen molar-refractivity contribution in [2.24, 2.45) is 10.9 Å². The average Bonchev–Trinajstić information content (AvgIpc) is 2.05. The summed E-state index contributed by atoms with van der Waals surface area (Å²) in [6.45, 7) is 6.71. The van der Waals surface area contributed by atoms with Crippen LogP contribution in [0.3, 0.4) is 0 Å². The maximum Gasteiger partial charge on any atom is 0.0415 e. The van der Waals surface area contributed by atoms with Crippen molar-refractivity contribution < 1.29 is 0 Å². The molecule has 1 heteroatoms. The molecule has 0 N–H and O–H groups in total. The van der Waals surface area contributed by atoms with Gasteiger partial charge in [0.1, 0.15) is 0 Å². The molecule has 0 saturated heterocycles. The summed E-state index contributed by atoms with van der Waals surface area (Å²) in [4.78, 5) is 4.25. The zero-order valence-electron chi connectivity index (χ0n) is 7.40. The van der Waals surface area contributed by atoms with Crippen LogP contribution in [0.4, 0.5) is 0 Å². The van der Waals surface area contributed by atoms with Gasteiger partial charge in [0.05, 0.1) is 0 Å². The van der Waals surface area contributed by atoms with E-state index in [-0.39, 0.29) is 0 Å². The van der Waals surface area contributed by atoms with Crippen molar-refractivity contribution >= 4 is 6.21 Å². The molecule has 63 valence electrons. The molecule has 1 unspecified atom stereocenters. The molecule has 0 aliphatic rings. The van der Waals surface area contributed by atoms with E-state index in [1.807, 2.05) is 36.5 Å². The molecule has 0 amide bonds. The van der Waals surface area contributed by atoms with Gasteiger partial charge in [-0.25, -0.2) is 0 Å². The average molecular weight is 160 g/mol. The topological polar surface area (TPSA) is 12.4 Å². The van der Waals surface area contributed by atoms with E-state index in [1.54, 1.807) is 0 Å². The Labute approximate surface area is 74.2 Å². The Morgan fingerprint density at radius 3 is 2.67 bits per heavy atom. The van der Waals surface area contributed by atoms with Crippen LogP contribution in [-0.4, -0.2) is 12.8 Å². The van der Waals surface area contributed by atoms with Crippen molar-refractivity contribution in [3.63, 3.8) is 0 Å². The normalized spacial score (nSPS) is 11.2. The summed E-state index contributed by atoms with van der Waals surface area (Å²) in [5.41, 5.74) is 1.15. The van der Waals surface area contributed by atoms with Crippen molar-refractivity contribution in [2.75, 3.05) is 6.54 Å². The van der Waals surface area contributed by atoms with Crippen molar-refractivity contribution in [1.82, 2.24) is 0 Å². The molecule has 1 nitrogen and oxygen atoms in total. The summed E-state index contributed by atoms with van der Waals surface area (Å²) in [7, 11) is 0. The molecule has 0 saturated carbocycles. The van der Waals surface area contributed by atoms with E-state index in [1.165, 1.54) is 0 Å². The maximum atomic E-state index is 4.25. The smallest absolute Gasteiger partial charge is 0.0415 e. The molecule has 0 bridgehead atoms. The lowest BCUT2D eigenvalue weighted by molar-refractivity contribution is 0.739. The Hall–Kier alpha value is -1.11. The molecular formula is C11H14N. The van der Waals surface area contributed by atoms with Gasteiger partial charge in [0.2, 0.25) is 0 Å². The van der Waals surface area contributed by atoms with E-state index in [9.17, 15) is 0 Å². The highest BCUT2D eigenvalue weighted by Crippen LogP contribution is 1.95. The van der Waals surface area contributed by atoms with Crippen molar-refractivity contribution in [3.05, 3.63) is 42.8 Å². The van der Waals surface area contributed by atoms with Crippen LogP contribution in [0.15, 0.2) is 35.3 Å². The predicted octanol–water partition coefficient (Wildman–Crippen LogP) is 2.58. The van der Waals surface area contributed by atoms with E-state index in [0.717, 1.165) is 12.1 Å². The largest absolute Gasteiger partial charge is 0.292 e. The number of rotatable bonds is 3. The quantitative estimate of drug-likeness (QED) is 0.603. The van der Waals surface area contributed by atoms with Gasteiger partial charge in [-0.3, -0.25) is 4.99 Å². The first-order valence-electron chi connectivity index (χ1n) is 4.17. The first-order valence-corrected chi connectivity index (χ1v) is 4.17. The third-order valence-corrected chi connectivity index (χ3v) is 1.46. The maximum absolute atomic E-state index is 4.25. The number of hydrogen-bond donors (Lipinski definition) is 0. The van der Waals surface area contributed by atoms with Crippen LogP contribution in [0, 0.1) is 12.8 Å². The Bertz CT molecular complexity index is 236. The van der Waals surface area contributed by atoms with Crippen LogP contribution >= 0.6 is 0 Å². The minimum atomic E-state index is 0.393. The molecule has 0 fully saturated rings. The fourth-order valence-electron chi connectivity index (χ4n) is 0.877. The molecule has 1 aromatic carbocycles. The molecule has 1 aromatic rings. The van der Waals surface area contributed by atoms with Crippen LogP contribution in [0.1, 0.15) is 12.5 Å². The molecule has 1 radical (unpaired) electrons. The van der Waals surface area contributed by atoms with Crippen LogP contribution in [0.5, 0.6) is 0 Å². The third-order valence-electron chi connectivity index (χ3n) is 1.46. The fourth-order valence-corrected chi connectivity index (χ4v) is 0.877. The van der Waals surface area contributed by atoms with Gasteiger partial charge in [0.15, 0.2) is 0 Å². The van der Waals surface area contributed by atoms with Crippen LogP contribution < -0.4 is 0 Å². The Kier molecular flexibility index (Phi) is 3.52. The van der Waals surface area contributed by atoms with Gasteiger partial charge in [-0.1, -0.05) is 37.3 Å². The highest BCUT2D eigenvalue weighted by Gasteiger charge is 1.88. The van der Waals surface area contributed by atoms with Crippen molar-refractivity contribution in [1.29, 1.82) is 0 Å². The molecule has 12 heavy (non-hydrogen) atoms. The van der Waals surface area contributed by atoms with E-state index in [2.05, 4.69) is 18.8 Å². The van der Waals surface area contributed by atoms with E-state index >= 15 is 0 Å². The Morgan fingerprint density at radius 2 is 2.08 bits per heavy atom. The minimum absolute atomic E-state index is 0.393. The summed E-state index contributed by atoms with van der Waals surface area (Å²) < 4.78 is 0. The number of nitrogens with zero attached hydrogens (tertiary/aromatic N) is 1. The second-order valence-corrected chi connectivity index (χ2v) is 3.01. The number of benzene rings is 1. The second-order valence-electron chi connectivity index (χ2n) is 3.01. The molecule has 0 aliphatic heterocycles. The molecular weight excluding hydrogens is 146 g/mol. The lowest BCUT2D eigenvalue weighted by atomic mass is 10.2. The van der Waals surface area contributed by atoms with Crippen LogP contribution in [0.25, 0.3) is 0 Å². The zero-order valence-corrected chi connectivity index (χ0v) is 7.40. The van der Waals surface area contributed by atoms with Crippen molar-refractivity contribution in [3.8, 4) is 0 Å². The predicted molar refractivity (Wildman–Crippen MR) is 53.4 cm³/mol. The van der Waals surface area contributed by atoms with E-state index in [4.69, 9.17) is 0 Å². The lowest BCUT2D eigenvalue weighted by Gasteiger charge is -1.96. The minimum Gasteiger partial charge on any atom is -0.292 e. The summed E-state index contributed by atoms with van der Waals surface area (Å²) in [5, 5.41) is 0. The van der Waals surface area contributed by atoms with Gasteiger partial charge in [-0.05, 0) is 18.4 Å². The third kappa shape index (κ3) is 3.33. The first kappa shape index (κ1) is 8.98. The van der Waals surface area contributed by atoms with Gasteiger partial charge >= 0.3 is 0 Å². The highest BCUT2D eigenvalue weighted by molar-refractivity contribution is 5.79. The zero-order chi connectivity index (χ0) is 8.81. The molecule has 0 aromatic heterocycles. The summed E-state index contributed by atoms with van der Waals surface area (Å²) in [5.74, 6) is 0.393. The molecule has 1 rings (SSSR count). The summed E-state index contributed by atoms with van der Waals surface area (Å²) >= 11 is 0.